The van der Waals surface area contributed by atoms with Crippen LogP contribution in [-0.4, -0.2) is 34.9 Å². The number of nitrogens with one attached hydrogen (secondary N) is 3. The molecular weight excluding hydrogens is 410 g/mol. The Morgan fingerprint density at radius 1 is 1.03 bits per heavy atom. The molecular formula is C23H29N5O2S. The topological polar surface area (TPSA) is 96.0 Å². The third-order valence-electron chi connectivity index (χ3n) is 4.84. The van der Waals surface area contributed by atoms with Crippen LogP contribution in [0.5, 0.6) is 0 Å². The van der Waals surface area contributed by atoms with E-state index in [-0.39, 0.29) is 11.8 Å². The highest BCUT2D eigenvalue weighted by Crippen LogP contribution is 2.24. The highest BCUT2D eigenvalue weighted by Gasteiger charge is 2.08. The molecule has 0 aliphatic rings. The fraction of sp³-hybridized carbons (Fsp3) is 0.391. The minimum absolute atomic E-state index is 0.0346. The lowest BCUT2D eigenvalue weighted by molar-refractivity contribution is -0.116. The van der Waals surface area contributed by atoms with Crippen molar-refractivity contribution in [3.05, 3.63) is 47.6 Å². The first-order chi connectivity index (χ1) is 15.2. The third-order valence-corrected chi connectivity index (χ3v) is 5.75. The quantitative estimate of drug-likeness (QED) is 0.351. The summed E-state index contributed by atoms with van der Waals surface area (Å²) in [5.74, 6) is 0.726. The number of carbonyl (C=O) groups is 2. The van der Waals surface area contributed by atoms with E-state index in [9.17, 15) is 9.59 Å². The number of nitrogens with zero attached hydrogens (tertiary/aromatic N) is 2. The lowest BCUT2D eigenvalue weighted by Crippen LogP contribution is -2.24. The highest BCUT2D eigenvalue weighted by atomic mass is 32.1. The van der Waals surface area contributed by atoms with Crippen molar-refractivity contribution in [1.82, 2.24) is 15.3 Å². The van der Waals surface area contributed by atoms with Gasteiger partial charge in [-0.15, -0.1) is 11.3 Å². The maximum Gasteiger partial charge on any atom is 0.251 e. The molecule has 0 saturated heterocycles. The van der Waals surface area contributed by atoms with Gasteiger partial charge in [0.15, 0.2) is 0 Å². The lowest BCUT2D eigenvalue weighted by Gasteiger charge is -2.09. The van der Waals surface area contributed by atoms with E-state index in [1.165, 1.54) is 0 Å². The number of thiophene rings is 1. The largest absolute Gasteiger partial charge is 0.369 e. The molecule has 3 rings (SSSR count). The number of unbranched alkanes of at least 4 members (excludes halogenated alkanes) is 3. The number of rotatable bonds is 12. The minimum Gasteiger partial charge on any atom is -0.369 e. The van der Waals surface area contributed by atoms with Crippen molar-refractivity contribution in [3.8, 4) is 0 Å². The molecule has 8 heteroatoms. The van der Waals surface area contributed by atoms with E-state index in [1.807, 2.05) is 11.4 Å². The zero-order chi connectivity index (χ0) is 21.9. The first-order valence-corrected chi connectivity index (χ1v) is 11.7. The molecule has 0 radical (unpaired) electrons. The molecule has 0 unspecified atom stereocenters. The van der Waals surface area contributed by atoms with E-state index in [0.29, 0.717) is 24.2 Å². The highest BCUT2D eigenvalue weighted by molar-refractivity contribution is 7.17. The summed E-state index contributed by atoms with van der Waals surface area (Å²) in [6.07, 6.45) is 6.72. The number of aromatic nitrogens is 2. The van der Waals surface area contributed by atoms with Crippen molar-refractivity contribution in [2.75, 3.05) is 23.7 Å². The Morgan fingerprint density at radius 3 is 2.81 bits per heavy atom. The van der Waals surface area contributed by atoms with Gasteiger partial charge in [0.1, 0.15) is 12.1 Å². The first kappa shape index (κ1) is 22.7. The van der Waals surface area contributed by atoms with Crippen molar-refractivity contribution >= 4 is 44.9 Å². The summed E-state index contributed by atoms with van der Waals surface area (Å²) in [6.45, 7) is 3.55. The van der Waals surface area contributed by atoms with Gasteiger partial charge in [-0.2, -0.15) is 0 Å². The summed E-state index contributed by atoms with van der Waals surface area (Å²) < 4.78 is 1.07. The molecule has 0 bridgehead atoms. The van der Waals surface area contributed by atoms with Gasteiger partial charge in [0.2, 0.25) is 5.91 Å². The van der Waals surface area contributed by atoms with Gasteiger partial charge in [0.25, 0.3) is 5.91 Å². The van der Waals surface area contributed by atoms with E-state index in [2.05, 4.69) is 32.8 Å². The molecule has 3 N–H and O–H groups in total. The number of anilines is 2. The van der Waals surface area contributed by atoms with E-state index >= 15 is 0 Å². The number of fused-ring (bicyclic) bond motifs is 1. The number of hydrogen-bond acceptors (Lipinski definition) is 6. The fourth-order valence-corrected chi connectivity index (χ4v) is 3.96. The van der Waals surface area contributed by atoms with Crippen LogP contribution in [0.15, 0.2) is 42.0 Å². The standard InChI is InChI=1S/C23H29N5O2S/c1-2-3-12-25-23(30)17-8-7-9-18(15-17)28-20(29)10-5-4-6-13-24-22-21-19(11-14-31-21)26-16-27-22/h7-9,11,14-16H,2-6,10,12-13H2,1H3,(H,25,30)(H,28,29)(H,24,26,27). The van der Waals surface area contributed by atoms with Gasteiger partial charge >= 0.3 is 0 Å². The first-order valence-electron chi connectivity index (χ1n) is 10.8. The van der Waals surface area contributed by atoms with Crippen LogP contribution < -0.4 is 16.0 Å². The summed E-state index contributed by atoms with van der Waals surface area (Å²) in [5.41, 5.74) is 2.17. The van der Waals surface area contributed by atoms with Crippen molar-refractivity contribution in [3.63, 3.8) is 0 Å². The predicted octanol–water partition coefficient (Wildman–Crippen LogP) is 4.83. The maximum absolute atomic E-state index is 12.2. The molecule has 1 aromatic carbocycles. The molecule has 0 atom stereocenters. The van der Waals surface area contributed by atoms with Crippen LogP contribution in [0.1, 0.15) is 55.8 Å². The van der Waals surface area contributed by atoms with Gasteiger partial charge in [-0.25, -0.2) is 9.97 Å². The molecule has 0 fully saturated rings. The van der Waals surface area contributed by atoms with Gasteiger partial charge in [-0.3, -0.25) is 9.59 Å². The number of hydrogen-bond donors (Lipinski definition) is 3. The monoisotopic (exact) mass is 439 g/mol. The lowest BCUT2D eigenvalue weighted by atomic mass is 10.1. The van der Waals surface area contributed by atoms with Crippen molar-refractivity contribution < 1.29 is 9.59 Å². The summed E-state index contributed by atoms with van der Waals surface area (Å²) in [6, 6.07) is 9.05. The van der Waals surface area contributed by atoms with Crippen LogP contribution >= 0.6 is 11.3 Å². The van der Waals surface area contributed by atoms with Gasteiger partial charge in [-0.1, -0.05) is 25.8 Å². The molecule has 7 nitrogen and oxygen atoms in total. The maximum atomic E-state index is 12.2. The zero-order valence-electron chi connectivity index (χ0n) is 17.8. The van der Waals surface area contributed by atoms with Crippen LogP contribution in [-0.2, 0) is 4.79 Å². The Bertz CT molecular complexity index is 1000. The third kappa shape index (κ3) is 7.03. The second kappa shape index (κ2) is 12.0. The van der Waals surface area contributed by atoms with Crippen LogP contribution in [0.3, 0.4) is 0 Å². The van der Waals surface area contributed by atoms with Crippen LogP contribution in [0.2, 0.25) is 0 Å². The smallest absolute Gasteiger partial charge is 0.251 e. The molecule has 0 spiro atoms. The summed E-state index contributed by atoms with van der Waals surface area (Å²) in [7, 11) is 0. The minimum atomic E-state index is -0.111. The Kier molecular flexibility index (Phi) is 8.78. The number of carbonyl (C=O) groups excluding carboxylic acids is 2. The van der Waals surface area contributed by atoms with Crippen LogP contribution in [0, 0.1) is 0 Å². The van der Waals surface area contributed by atoms with Gasteiger partial charge in [0, 0.05) is 30.8 Å². The summed E-state index contributed by atoms with van der Waals surface area (Å²) in [5, 5.41) is 11.1. The molecule has 3 aromatic rings. The van der Waals surface area contributed by atoms with E-state index in [0.717, 1.165) is 54.7 Å². The number of benzene rings is 1. The SMILES string of the molecule is CCCCNC(=O)c1cccc(NC(=O)CCCCCNc2ncnc3ccsc23)c1. The van der Waals surface area contributed by atoms with Crippen molar-refractivity contribution in [1.29, 1.82) is 0 Å². The Labute approximate surface area is 186 Å². The Hall–Kier alpha value is -3.00. The summed E-state index contributed by atoms with van der Waals surface area (Å²) in [4.78, 5) is 32.9. The molecule has 31 heavy (non-hydrogen) atoms. The van der Waals surface area contributed by atoms with Crippen LogP contribution in [0.25, 0.3) is 10.2 Å². The second-order valence-electron chi connectivity index (χ2n) is 7.33. The second-order valence-corrected chi connectivity index (χ2v) is 8.25. The predicted molar refractivity (Wildman–Crippen MR) is 127 cm³/mol. The Balaban J connectivity index is 1.34. The molecule has 0 aliphatic carbocycles. The Morgan fingerprint density at radius 2 is 1.94 bits per heavy atom. The average Bonchev–Trinajstić information content (AvgIpc) is 3.26. The zero-order valence-corrected chi connectivity index (χ0v) is 18.6. The van der Waals surface area contributed by atoms with Crippen molar-refractivity contribution in [2.45, 2.75) is 45.4 Å². The summed E-state index contributed by atoms with van der Waals surface area (Å²) >= 11 is 1.63. The van der Waals surface area contributed by atoms with Gasteiger partial charge in [-0.05, 0) is 48.9 Å². The molecule has 2 heterocycles. The van der Waals surface area contributed by atoms with E-state index < -0.39 is 0 Å². The van der Waals surface area contributed by atoms with Crippen molar-refractivity contribution in [2.24, 2.45) is 0 Å². The fourth-order valence-electron chi connectivity index (χ4n) is 3.15. The van der Waals surface area contributed by atoms with Gasteiger partial charge < -0.3 is 16.0 Å². The molecule has 164 valence electrons. The van der Waals surface area contributed by atoms with Gasteiger partial charge in [0.05, 0.1) is 10.2 Å². The molecule has 2 aromatic heterocycles. The van der Waals surface area contributed by atoms with E-state index in [4.69, 9.17) is 0 Å². The molecule has 0 aliphatic heterocycles. The molecule has 0 saturated carbocycles. The average molecular weight is 440 g/mol. The molecule has 2 amide bonds. The van der Waals surface area contributed by atoms with E-state index in [1.54, 1.807) is 41.9 Å². The normalized spacial score (nSPS) is 10.7. The number of amides is 2. The van der Waals surface area contributed by atoms with Crippen LogP contribution in [0.4, 0.5) is 11.5 Å².